The lowest BCUT2D eigenvalue weighted by atomic mass is 10.1. The second kappa shape index (κ2) is 14.3. The molecule has 4 aromatic heterocycles. The van der Waals surface area contributed by atoms with E-state index in [9.17, 15) is 23.9 Å². The van der Waals surface area contributed by atoms with Crippen molar-refractivity contribution in [3.8, 4) is 0 Å². The number of carbonyl (C=O) groups is 1. The highest BCUT2D eigenvalue weighted by molar-refractivity contribution is 8.55. The molecule has 3 saturated heterocycles. The quantitative estimate of drug-likeness (QED) is 0.122. The van der Waals surface area contributed by atoms with Gasteiger partial charge < -0.3 is 40.4 Å². The van der Waals surface area contributed by atoms with Crippen molar-refractivity contribution in [2.75, 3.05) is 30.6 Å². The highest BCUT2D eigenvalue weighted by Crippen LogP contribution is 2.64. The van der Waals surface area contributed by atoms with Crippen LogP contribution in [0, 0.1) is 0 Å². The molecule has 10 atom stereocenters. The molecule has 3 aliphatic heterocycles. The number of ether oxygens (including phenoxy) is 4. The van der Waals surface area contributed by atoms with Crippen molar-refractivity contribution in [2.24, 2.45) is 0 Å². The summed E-state index contributed by atoms with van der Waals surface area (Å²) < 4.78 is 90.6. The lowest BCUT2D eigenvalue weighted by molar-refractivity contribution is -0.0619. The third kappa shape index (κ3) is 7.18. The van der Waals surface area contributed by atoms with Gasteiger partial charge in [-0.15, -0.1) is 0 Å². The first-order valence-electron chi connectivity index (χ1n) is 15.3. The smallest absolute Gasteiger partial charge is 0.432 e. The summed E-state index contributed by atoms with van der Waals surface area (Å²) in [5.74, 6) is -0.626. The monoisotopic (exact) mass is 792 g/mol. The summed E-state index contributed by atoms with van der Waals surface area (Å²) >= 11 is 0.372. The Balaban J connectivity index is 1.22. The zero-order valence-electron chi connectivity index (χ0n) is 26.9. The Bertz CT molecular complexity index is 2060. The zero-order valence-corrected chi connectivity index (χ0v) is 29.5. The minimum atomic E-state index is -5.16. The van der Waals surface area contributed by atoms with Crippen molar-refractivity contribution in [3.05, 3.63) is 25.3 Å². The second-order valence-corrected chi connectivity index (χ2v) is 17.1. The molecule has 4 aromatic rings. The van der Waals surface area contributed by atoms with E-state index in [-0.39, 0.29) is 34.0 Å². The number of imidazole rings is 2. The molecular weight excluding hydrogens is 761 g/mol. The molecule has 3 fully saturated rings. The van der Waals surface area contributed by atoms with Gasteiger partial charge in [-0.1, -0.05) is 0 Å². The Morgan fingerprint density at radius 1 is 0.942 bits per heavy atom. The van der Waals surface area contributed by atoms with E-state index in [2.05, 4.69) is 29.9 Å². The molecule has 3 aliphatic rings. The topological polar surface area (TPSA) is 305 Å². The third-order valence-corrected chi connectivity index (χ3v) is 12.3. The third-order valence-electron chi connectivity index (χ3n) is 7.93. The van der Waals surface area contributed by atoms with Gasteiger partial charge in [0.1, 0.15) is 54.2 Å². The molecule has 0 aromatic carbocycles. The number of halogens is 1. The zero-order chi connectivity index (χ0) is 36.9. The Hall–Kier alpha value is -3.61. The van der Waals surface area contributed by atoms with Gasteiger partial charge >= 0.3 is 20.8 Å². The summed E-state index contributed by atoms with van der Waals surface area (Å²) in [6, 6.07) is 0. The minimum Gasteiger partial charge on any atom is -0.432 e. The molecule has 52 heavy (non-hydrogen) atoms. The molecule has 0 radical (unpaired) electrons. The number of fused-ring (bicyclic) bond motifs is 5. The van der Waals surface area contributed by atoms with Crippen molar-refractivity contribution >= 4 is 66.1 Å². The largest absolute Gasteiger partial charge is 0.509 e. The molecule has 282 valence electrons. The summed E-state index contributed by atoms with van der Waals surface area (Å²) in [5.41, 5.74) is 12.3. The number of hydrogen-bond acceptors (Lipinski definition) is 21. The summed E-state index contributed by atoms with van der Waals surface area (Å²) in [4.78, 5) is 47.1. The first-order valence-corrected chi connectivity index (χ1v) is 19.9. The molecule has 0 saturated carbocycles. The van der Waals surface area contributed by atoms with E-state index in [0.29, 0.717) is 11.4 Å². The van der Waals surface area contributed by atoms with Gasteiger partial charge in [-0.05, 0) is 13.8 Å². The first-order chi connectivity index (χ1) is 24.7. The van der Waals surface area contributed by atoms with Crippen LogP contribution in [0.4, 0.5) is 20.8 Å². The van der Waals surface area contributed by atoms with Crippen LogP contribution in [0.3, 0.4) is 0 Å². The van der Waals surface area contributed by atoms with Crippen molar-refractivity contribution < 1.29 is 65.4 Å². The molecular formula is C25H31FN10O13P2S. The average molecular weight is 793 g/mol. The van der Waals surface area contributed by atoms with Gasteiger partial charge in [0.05, 0.1) is 32.0 Å². The highest BCUT2D eigenvalue weighted by Gasteiger charge is 2.55. The molecule has 23 nitrogen and oxygen atoms in total. The van der Waals surface area contributed by atoms with Crippen molar-refractivity contribution in [3.63, 3.8) is 0 Å². The molecule has 0 amide bonds. The summed E-state index contributed by atoms with van der Waals surface area (Å²) in [6.07, 6.45) is -10.3. The Kier molecular flexibility index (Phi) is 10.1. The predicted molar refractivity (Wildman–Crippen MR) is 172 cm³/mol. The average Bonchev–Trinajstić information content (AvgIpc) is 3.84. The number of alkyl halides is 1. The summed E-state index contributed by atoms with van der Waals surface area (Å²) in [6.45, 7) is -3.06. The number of nitrogen functional groups attached to an aromatic ring is 2. The maximum atomic E-state index is 16.2. The number of anilines is 2. The van der Waals surface area contributed by atoms with Gasteiger partial charge in [0.25, 0.3) is 0 Å². The first kappa shape index (κ1) is 36.7. The number of rotatable bonds is 6. The van der Waals surface area contributed by atoms with Gasteiger partial charge in [-0.25, -0.2) is 48.2 Å². The second-order valence-electron chi connectivity index (χ2n) is 11.7. The molecule has 0 aliphatic carbocycles. The number of aromatic nitrogens is 8. The molecule has 27 heteroatoms. The fourth-order valence-corrected chi connectivity index (χ4v) is 9.33. The summed E-state index contributed by atoms with van der Waals surface area (Å²) in [7, 11) is -5.16. The van der Waals surface area contributed by atoms with Crippen LogP contribution in [0.25, 0.3) is 22.3 Å². The number of aliphatic hydroxyl groups is 1. The van der Waals surface area contributed by atoms with Crippen LogP contribution in [0.15, 0.2) is 25.3 Å². The SMILES string of the molecule is CC(C)OC(=O)OCSP1(=O)OC[C@H]2O[C@@H](n3cnc4c(N)ncnc43)[C@@H](F)C2OP(=O)(O)OC[C@H]2O[C@@H](n3cnc4c(N)ncnc43)[C@@H](O1)C2O. The Labute approximate surface area is 295 Å². The number of phosphoric acid groups is 1. The number of hydrogen-bond donors (Lipinski definition) is 4. The molecule has 0 spiro atoms. The lowest BCUT2D eigenvalue weighted by Gasteiger charge is -2.27. The fraction of sp³-hybridized carbons (Fsp3) is 0.560. The van der Waals surface area contributed by atoms with E-state index in [4.69, 9.17) is 48.5 Å². The number of carbonyl (C=O) groups excluding carboxylic acids is 1. The molecule has 6 N–H and O–H groups in total. The standard InChI is InChI=1S/C25H31FN10O13P2S/c1-10(2)45-25(38)42-9-52-51(41)44-4-12-17(13(26)23(47-12)35-7-33-14-19(27)29-5-31-21(14)35)48-50(39,40)43-3-11-16(37)18(49-51)24(46-11)36-8-34-15-20(28)30-6-32-22(15)36/h5-8,10-13,16-18,23-24,37H,3-4,9H2,1-2H3,(H,39,40)(H2,27,29,31)(H2,28,30,32)/t11-,12-,13+,16?,17?,18+,23-,24-,51?/m1/s1. The Morgan fingerprint density at radius 2 is 1.54 bits per heavy atom. The molecule has 4 unspecified atom stereocenters. The van der Waals surface area contributed by atoms with Gasteiger partial charge in [0, 0.05) is 11.4 Å². The van der Waals surface area contributed by atoms with Gasteiger partial charge in [-0.3, -0.25) is 27.2 Å². The normalized spacial score (nSPS) is 34.1. The van der Waals surface area contributed by atoms with Gasteiger partial charge in [0.15, 0.2) is 47.5 Å². The molecule has 7 heterocycles. The Morgan fingerprint density at radius 3 is 2.17 bits per heavy atom. The van der Waals surface area contributed by atoms with Crippen molar-refractivity contribution in [1.82, 2.24) is 39.0 Å². The maximum Gasteiger partial charge on any atom is 0.509 e. The number of nitrogens with two attached hydrogens (primary N) is 2. The van der Waals surface area contributed by atoms with Gasteiger partial charge in [0.2, 0.25) is 0 Å². The van der Waals surface area contributed by atoms with Crippen LogP contribution < -0.4 is 11.5 Å². The van der Waals surface area contributed by atoms with Crippen LogP contribution >= 0.6 is 26.0 Å². The number of phosphoric ester groups is 1. The van der Waals surface area contributed by atoms with E-state index in [1.165, 1.54) is 21.8 Å². The van der Waals surface area contributed by atoms with Crippen LogP contribution in [-0.2, 0) is 46.2 Å². The van der Waals surface area contributed by atoms with E-state index < -0.39 is 95.2 Å². The number of nitrogens with zero attached hydrogens (tertiary/aromatic N) is 8. The minimum absolute atomic E-state index is 0.000826. The van der Waals surface area contributed by atoms with Gasteiger partial charge in [-0.2, -0.15) is 0 Å². The fourth-order valence-electron chi connectivity index (χ4n) is 5.61. The van der Waals surface area contributed by atoms with E-state index in [0.717, 1.165) is 12.7 Å². The van der Waals surface area contributed by atoms with Crippen molar-refractivity contribution in [2.45, 2.75) is 69.1 Å². The summed E-state index contributed by atoms with van der Waals surface area (Å²) in [5, 5.41) is 11.4. The number of aliphatic hydroxyl groups excluding tert-OH is 1. The highest BCUT2D eigenvalue weighted by atomic mass is 32.7. The van der Waals surface area contributed by atoms with Crippen LogP contribution in [0.2, 0.25) is 0 Å². The molecule has 7 rings (SSSR count). The van der Waals surface area contributed by atoms with Crippen molar-refractivity contribution in [1.29, 1.82) is 0 Å². The van der Waals surface area contributed by atoms with Crippen LogP contribution in [0.1, 0.15) is 26.3 Å². The molecule has 2 bridgehead atoms. The predicted octanol–water partition coefficient (Wildman–Crippen LogP) is 1.60. The maximum absolute atomic E-state index is 16.2. The van der Waals surface area contributed by atoms with E-state index in [1.54, 1.807) is 13.8 Å². The van der Waals surface area contributed by atoms with Crippen LogP contribution in [-0.4, -0.2) is 117 Å². The van der Waals surface area contributed by atoms with Crippen LogP contribution in [0.5, 0.6) is 0 Å². The lowest BCUT2D eigenvalue weighted by Crippen LogP contribution is -2.35. The van der Waals surface area contributed by atoms with E-state index >= 15 is 4.39 Å². The van der Waals surface area contributed by atoms with E-state index in [1.807, 2.05) is 0 Å².